The number of carboxylic acid groups (broad SMARTS) is 2. The van der Waals surface area contributed by atoms with Crippen molar-refractivity contribution in [2.75, 3.05) is 29.1 Å². The van der Waals surface area contributed by atoms with Gasteiger partial charge in [0.1, 0.15) is 6.04 Å². The molecule has 0 saturated carbocycles. The lowest BCUT2D eigenvalue weighted by atomic mass is 10.1. The summed E-state index contributed by atoms with van der Waals surface area (Å²) in [5.41, 5.74) is 8.94. The van der Waals surface area contributed by atoms with Crippen molar-refractivity contribution in [1.82, 2.24) is 20.7 Å². The number of nitrogens with zero attached hydrogens (tertiary/aromatic N) is 3. The molecule has 16 nitrogen and oxygen atoms in total. The molecule has 42 heavy (non-hydrogen) atoms. The topological polar surface area (TPSA) is 246 Å². The van der Waals surface area contributed by atoms with Crippen molar-refractivity contribution in [3.8, 4) is 0 Å². The van der Waals surface area contributed by atoms with Crippen molar-refractivity contribution in [3.05, 3.63) is 86.2 Å². The summed E-state index contributed by atoms with van der Waals surface area (Å²) in [5, 5.41) is 36.3. The minimum absolute atomic E-state index is 0.176. The molecule has 0 fully saturated rings. The maximum absolute atomic E-state index is 12.6. The molecule has 0 radical (unpaired) electrons. The van der Waals surface area contributed by atoms with Gasteiger partial charge >= 0.3 is 23.2 Å². The number of hydrogen-bond acceptors (Lipinski definition) is 11. The third kappa shape index (κ3) is 9.02. The number of benzene rings is 2. The van der Waals surface area contributed by atoms with Crippen LogP contribution in [0.5, 0.6) is 0 Å². The molecular weight excluding hydrogens is 552 g/mol. The zero-order valence-electron chi connectivity index (χ0n) is 22.3. The van der Waals surface area contributed by atoms with Gasteiger partial charge in [0.2, 0.25) is 11.8 Å². The van der Waals surface area contributed by atoms with Gasteiger partial charge in [0.05, 0.1) is 10.6 Å². The molecule has 3 aromatic rings. The average molecular weight is 583 g/mol. The second-order valence-corrected chi connectivity index (χ2v) is 9.00. The number of hydrogen-bond donors (Lipinski definition) is 7. The molecular formula is C26H30N8O8. The van der Waals surface area contributed by atoms with Crippen LogP contribution in [0.25, 0.3) is 0 Å². The Morgan fingerprint density at radius 2 is 1.79 bits per heavy atom. The molecule has 1 atom stereocenters. The van der Waals surface area contributed by atoms with Crippen LogP contribution in [0.15, 0.2) is 59.4 Å². The van der Waals surface area contributed by atoms with Crippen LogP contribution in [0.4, 0.5) is 23.1 Å². The van der Waals surface area contributed by atoms with Gasteiger partial charge in [-0.2, -0.15) is 4.98 Å². The minimum atomic E-state index is -1.36. The lowest BCUT2D eigenvalue weighted by molar-refractivity contribution is -0.385. The normalized spacial score (nSPS) is 11.3. The van der Waals surface area contributed by atoms with Crippen LogP contribution in [-0.4, -0.2) is 62.1 Å². The lowest BCUT2D eigenvalue weighted by Crippen LogP contribution is -2.41. The zero-order chi connectivity index (χ0) is 30.6. The molecule has 222 valence electrons. The lowest BCUT2D eigenvalue weighted by Gasteiger charge is -2.26. The second-order valence-electron chi connectivity index (χ2n) is 9.00. The largest absolute Gasteiger partial charge is 0.481 e. The highest BCUT2D eigenvalue weighted by Crippen LogP contribution is 2.18. The first-order valence-corrected chi connectivity index (χ1v) is 12.7. The van der Waals surface area contributed by atoms with E-state index >= 15 is 0 Å². The fraction of sp³-hybridized carbons (Fsp3) is 0.269. The van der Waals surface area contributed by atoms with Crippen LogP contribution in [0.1, 0.15) is 35.2 Å². The molecule has 0 spiro atoms. The first-order valence-electron chi connectivity index (χ1n) is 12.7. The molecule has 1 aromatic heterocycles. The Hall–Kier alpha value is -5.51. The number of aliphatic carboxylic acids is 2. The fourth-order valence-corrected chi connectivity index (χ4v) is 3.86. The van der Waals surface area contributed by atoms with E-state index in [1.807, 2.05) is 30.3 Å². The van der Waals surface area contributed by atoms with Crippen LogP contribution in [0.2, 0.25) is 0 Å². The van der Waals surface area contributed by atoms with Crippen LogP contribution in [0.3, 0.4) is 0 Å². The van der Waals surface area contributed by atoms with Gasteiger partial charge in [-0.25, -0.2) is 10.2 Å². The molecule has 1 heterocycles. The first-order chi connectivity index (χ1) is 20.0. The number of nitro groups is 1. The van der Waals surface area contributed by atoms with Gasteiger partial charge in [-0.3, -0.25) is 29.5 Å². The third-order valence-electron chi connectivity index (χ3n) is 5.96. The summed E-state index contributed by atoms with van der Waals surface area (Å²) in [6, 6.07) is 14.5. The molecule has 0 saturated heterocycles. The Bertz CT molecular complexity index is 1460. The van der Waals surface area contributed by atoms with Crippen molar-refractivity contribution in [3.63, 3.8) is 0 Å². The van der Waals surface area contributed by atoms with Crippen LogP contribution < -0.4 is 32.4 Å². The Morgan fingerprint density at radius 3 is 2.40 bits per heavy atom. The first kappa shape index (κ1) is 31.0. The highest BCUT2D eigenvalue weighted by molar-refractivity contribution is 5.97. The number of aromatic amines is 1. The van der Waals surface area contributed by atoms with E-state index in [2.05, 4.69) is 26.0 Å². The number of rotatable bonds is 16. The van der Waals surface area contributed by atoms with Crippen molar-refractivity contribution >= 4 is 41.0 Å². The smallest absolute Gasteiger partial charge is 0.375 e. The number of amides is 1. The van der Waals surface area contributed by atoms with Gasteiger partial charge in [-0.1, -0.05) is 30.3 Å². The Morgan fingerprint density at radius 1 is 1.10 bits per heavy atom. The number of aromatic nitrogens is 2. The Labute approximate surface area is 238 Å². The highest BCUT2D eigenvalue weighted by Gasteiger charge is 2.23. The number of carbonyl (C=O) groups is 3. The minimum Gasteiger partial charge on any atom is -0.481 e. The van der Waals surface area contributed by atoms with Gasteiger partial charge in [0, 0.05) is 31.6 Å². The molecule has 0 bridgehead atoms. The predicted molar refractivity (Wildman–Crippen MR) is 152 cm³/mol. The fourth-order valence-electron chi connectivity index (χ4n) is 3.86. The number of nitrogens with one attached hydrogen (secondary N) is 4. The number of H-pyrrole nitrogens is 1. The van der Waals surface area contributed by atoms with Gasteiger partial charge in [-0.15, -0.1) is 0 Å². The number of nitrogens with two attached hydrogens (primary N) is 1. The van der Waals surface area contributed by atoms with Gasteiger partial charge < -0.3 is 31.6 Å². The van der Waals surface area contributed by atoms with Crippen LogP contribution in [-0.2, 0) is 16.1 Å². The van der Waals surface area contributed by atoms with E-state index in [1.54, 1.807) is 17.1 Å². The van der Waals surface area contributed by atoms with E-state index in [9.17, 15) is 34.4 Å². The second kappa shape index (κ2) is 14.8. The molecule has 16 heteroatoms. The molecule has 0 aliphatic rings. The third-order valence-corrected chi connectivity index (χ3v) is 5.96. The van der Waals surface area contributed by atoms with Gasteiger partial charge in [-0.05, 0) is 42.7 Å². The van der Waals surface area contributed by atoms with E-state index in [1.165, 1.54) is 12.1 Å². The van der Waals surface area contributed by atoms with Crippen molar-refractivity contribution < 1.29 is 29.5 Å². The molecule has 2 aromatic carbocycles. The summed E-state index contributed by atoms with van der Waals surface area (Å²) < 4.78 is 0. The van der Waals surface area contributed by atoms with Crippen molar-refractivity contribution in [1.29, 1.82) is 0 Å². The summed E-state index contributed by atoms with van der Waals surface area (Å²) in [7, 11) is 0. The predicted octanol–water partition coefficient (Wildman–Crippen LogP) is 1.32. The van der Waals surface area contributed by atoms with Gasteiger partial charge in [0.15, 0.2) is 0 Å². The molecule has 1 amide bonds. The standard InChI is InChI=1S/C26H30N8O8/c27-26-31-22(21(34(41)42)24(38)32-26)28-13-4-14-33(29-15-16-5-2-1-3-6-16)18-9-7-17(8-10-18)23(37)30-19(25(39)40)11-12-20(35)36/h1-3,5-10,19,29H,4,11-15H2,(H,30,37)(H,35,36)(H,39,40)(H4,27,28,31,32,38)/t19-/m0/s1. The van der Waals surface area contributed by atoms with E-state index in [4.69, 9.17) is 10.8 Å². The Kier molecular flexibility index (Phi) is 10.9. The Balaban J connectivity index is 1.70. The summed E-state index contributed by atoms with van der Waals surface area (Å²) in [5.74, 6) is -3.69. The summed E-state index contributed by atoms with van der Waals surface area (Å²) in [6.45, 7) is 1.04. The molecule has 0 aliphatic heterocycles. The van der Waals surface area contributed by atoms with Crippen LogP contribution in [0, 0.1) is 10.1 Å². The summed E-state index contributed by atoms with van der Waals surface area (Å²) >= 11 is 0. The van der Waals surface area contributed by atoms with Gasteiger partial charge in [0.25, 0.3) is 5.91 Å². The summed E-state index contributed by atoms with van der Waals surface area (Å²) in [4.78, 5) is 63.1. The maximum Gasteiger partial charge on any atom is 0.375 e. The number of hydrazine groups is 1. The number of carboxylic acids is 2. The monoisotopic (exact) mass is 582 g/mol. The SMILES string of the molecule is Nc1nc(NCCCN(NCc2ccccc2)c2ccc(C(=O)N[C@@H](CCC(=O)O)C(=O)O)cc2)c([N+](=O)[O-])c(=O)[nH]1. The van der Waals surface area contributed by atoms with E-state index < -0.39 is 46.5 Å². The van der Waals surface area contributed by atoms with E-state index in [0.29, 0.717) is 25.2 Å². The van der Waals surface area contributed by atoms with Crippen LogP contribution >= 0.6 is 0 Å². The number of anilines is 3. The molecule has 3 rings (SSSR count). The summed E-state index contributed by atoms with van der Waals surface area (Å²) in [6.07, 6.45) is -0.244. The molecule has 0 unspecified atom stereocenters. The molecule has 0 aliphatic carbocycles. The number of nitrogen functional groups attached to an aromatic ring is 1. The average Bonchev–Trinajstić information content (AvgIpc) is 2.94. The number of carbonyl (C=O) groups excluding carboxylic acids is 1. The quantitative estimate of drug-likeness (QED) is 0.0716. The molecule has 8 N–H and O–H groups in total. The van der Waals surface area contributed by atoms with E-state index in [-0.39, 0.29) is 30.3 Å². The maximum atomic E-state index is 12.6. The van der Waals surface area contributed by atoms with Crippen molar-refractivity contribution in [2.45, 2.75) is 31.8 Å². The van der Waals surface area contributed by atoms with E-state index in [0.717, 1.165) is 5.56 Å². The highest BCUT2D eigenvalue weighted by atomic mass is 16.6. The van der Waals surface area contributed by atoms with Crippen molar-refractivity contribution in [2.24, 2.45) is 0 Å². The zero-order valence-corrected chi connectivity index (χ0v) is 22.3.